The number of aromatic nitrogens is 2. The monoisotopic (exact) mass is 256 g/mol. The van der Waals surface area contributed by atoms with E-state index < -0.39 is 0 Å². The smallest absolute Gasteiger partial charge is 0.126 e. The van der Waals surface area contributed by atoms with Gasteiger partial charge in [-0.1, -0.05) is 39.0 Å². The molecular formula is C15H16N2S. The summed E-state index contributed by atoms with van der Waals surface area (Å²) < 4.78 is 2.52. The van der Waals surface area contributed by atoms with E-state index in [1.165, 1.54) is 14.8 Å². The van der Waals surface area contributed by atoms with Crippen LogP contribution in [0.2, 0.25) is 0 Å². The first-order chi connectivity index (χ1) is 8.47. The summed E-state index contributed by atoms with van der Waals surface area (Å²) in [6.07, 6.45) is 0. The van der Waals surface area contributed by atoms with E-state index >= 15 is 0 Å². The Morgan fingerprint density at radius 3 is 2.50 bits per heavy atom. The second-order valence-electron chi connectivity index (χ2n) is 5.65. The van der Waals surface area contributed by atoms with Crippen LogP contribution in [0.4, 0.5) is 0 Å². The lowest BCUT2D eigenvalue weighted by Crippen LogP contribution is -2.14. The maximum absolute atomic E-state index is 4.67. The number of aryl methyl sites for hydroxylation is 1. The summed E-state index contributed by atoms with van der Waals surface area (Å²) in [4.78, 5) is 9.30. The molecule has 0 radical (unpaired) electrons. The Labute approximate surface area is 111 Å². The molecule has 0 saturated heterocycles. The highest BCUT2D eigenvalue weighted by atomic mass is 32.1. The molecule has 3 rings (SSSR count). The van der Waals surface area contributed by atoms with Gasteiger partial charge in [-0.05, 0) is 13.0 Å². The minimum atomic E-state index is 0.0484. The zero-order valence-electron chi connectivity index (χ0n) is 11.1. The van der Waals surface area contributed by atoms with Crippen LogP contribution >= 0.6 is 11.3 Å². The highest BCUT2D eigenvalue weighted by Crippen LogP contribution is 2.37. The average molecular weight is 256 g/mol. The molecule has 92 valence electrons. The molecule has 0 fully saturated rings. The fourth-order valence-corrected chi connectivity index (χ4v) is 3.55. The highest BCUT2D eigenvalue weighted by molar-refractivity contribution is 7.25. The Bertz CT molecular complexity index is 735. The van der Waals surface area contributed by atoms with Gasteiger partial charge in [-0.2, -0.15) is 0 Å². The van der Waals surface area contributed by atoms with Crippen molar-refractivity contribution in [2.45, 2.75) is 33.1 Å². The Balaban J connectivity index is 2.51. The highest BCUT2D eigenvalue weighted by Gasteiger charge is 2.22. The number of benzene rings is 1. The molecule has 0 spiro atoms. The van der Waals surface area contributed by atoms with E-state index in [0.29, 0.717) is 0 Å². The lowest BCUT2D eigenvalue weighted by molar-refractivity contribution is 0.573. The number of fused-ring (bicyclic) bond motifs is 3. The van der Waals surface area contributed by atoms with Crippen molar-refractivity contribution in [1.82, 2.24) is 9.97 Å². The lowest BCUT2D eigenvalue weighted by Gasteiger charge is -2.18. The predicted octanol–water partition coefficient (Wildman–Crippen LogP) is 4.45. The molecule has 3 heteroatoms. The van der Waals surface area contributed by atoms with Gasteiger partial charge in [0.1, 0.15) is 5.82 Å². The summed E-state index contributed by atoms with van der Waals surface area (Å²) in [5, 5.41) is 1.24. The summed E-state index contributed by atoms with van der Waals surface area (Å²) in [6, 6.07) is 8.45. The van der Waals surface area contributed by atoms with Crippen molar-refractivity contribution >= 4 is 31.6 Å². The van der Waals surface area contributed by atoms with Crippen molar-refractivity contribution in [3.05, 3.63) is 35.8 Å². The van der Waals surface area contributed by atoms with Crippen LogP contribution in [-0.4, -0.2) is 9.97 Å². The number of hydrogen-bond acceptors (Lipinski definition) is 3. The number of thiophene rings is 1. The van der Waals surface area contributed by atoms with Gasteiger partial charge < -0.3 is 0 Å². The van der Waals surface area contributed by atoms with Gasteiger partial charge in [0, 0.05) is 15.5 Å². The van der Waals surface area contributed by atoms with Crippen molar-refractivity contribution in [1.29, 1.82) is 0 Å². The van der Waals surface area contributed by atoms with E-state index in [-0.39, 0.29) is 5.41 Å². The maximum atomic E-state index is 4.67. The van der Waals surface area contributed by atoms with Gasteiger partial charge in [-0.25, -0.2) is 9.97 Å². The van der Waals surface area contributed by atoms with Crippen molar-refractivity contribution < 1.29 is 0 Å². The lowest BCUT2D eigenvalue weighted by atomic mass is 9.91. The zero-order valence-corrected chi connectivity index (χ0v) is 11.9. The second kappa shape index (κ2) is 3.75. The number of rotatable bonds is 0. The molecule has 3 aromatic rings. The quantitative estimate of drug-likeness (QED) is 0.594. The van der Waals surface area contributed by atoms with Gasteiger partial charge in [0.25, 0.3) is 0 Å². The predicted molar refractivity (Wildman–Crippen MR) is 78.4 cm³/mol. The first-order valence-electron chi connectivity index (χ1n) is 6.13. The van der Waals surface area contributed by atoms with Gasteiger partial charge in [0.2, 0.25) is 0 Å². The molecule has 0 amide bonds. The molecule has 0 aliphatic heterocycles. The molecule has 0 saturated carbocycles. The van der Waals surface area contributed by atoms with E-state index in [9.17, 15) is 0 Å². The molecule has 0 unspecified atom stereocenters. The number of nitrogens with zero attached hydrogens (tertiary/aromatic N) is 2. The van der Waals surface area contributed by atoms with Crippen LogP contribution in [0.1, 0.15) is 32.3 Å². The summed E-state index contributed by atoms with van der Waals surface area (Å²) in [6.45, 7) is 8.59. The molecule has 0 atom stereocenters. The molecule has 1 aromatic carbocycles. The van der Waals surface area contributed by atoms with Gasteiger partial charge >= 0.3 is 0 Å². The molecule has 0 bridgehead atoms. The fraction of sp³-hybridized carbons (Fsp3) is 0.333. The van der Waals surface area contributed by atoms with Gasteiger partial charge in [0.05, 0.1) is 15.9 Å². The number of hydrogen-bond donors (Lipinski definition) is 0. The molecule has 2 nitrogen and oxygen atoms in total. The minimum absolute atomic E-state index is 0.0484. The molecule has 18 heavy (non-hydrogen) atoms. The van der Waals surface area contributed by atoms with Gasteiger partial charge in [-0.3, -0.25) is 0 Å². The van der Waals surface area contributed by atoms with Crippen LogP contribution < -0.4 is 0 Å². The van der Waals surface area contributed by atoms with Crippen molar-refractivity contribution in [3.8, 4) is 0 Å². The van der Waals surface area contributed by atoms with Crippen LogP contribution in [0.5, 0.6) is 0 Å². The standard InChI is InChI=1S/C15H16N2S/c1-9-16-12-10-7-5-6-8-11(10)18-13(12)14(17-9)15(2,3)4/h5-8H,1-4H3. The van der Waals surface area contributed by atoms with E-state index in [0.717, 1.165) is 17.0 Å². The Morgan fingerprint density at radius 1 is 1.06 bits per heavy atom. The van der Waals surface area contributed by atoms with Crippen molar-refractivity contribution in [3.63, 3.8) is 0 Å². The normalized spacial score (nSPS) is 12.4. The summed E-state index contributed by atoms with van der Waals surface area (Å²) >= 11 is 1.80. The van der Waals surface area contributed by atoms with Gasteiger partial charge in [-0.15, -0.1) is 11.3 Å². The topological polar surface area (TPSA) is 25.8 Å². The summed E-state index contributed by atoms with van der Waals surface area (Å²) in [5.41, 5.74) is 2.31. The van der Waals surface area contributed by atoms with Crippen LogP contribution in [-0.2, 0) is 5.41 Å². The first kappa shape index (κ1) is 11.6. The largest absolute Gasteiger partial charge is 0.236 e. The van der Waals surface area contributed by atoms with E-state index in [1.807, 2.05) is 6.92 Å². The summed E-state index contributed by atoms with van der Waals surface area (Å²) in [7, 11) is 0. The minimum Gasteiger partial charge on any atom is -0.236 e. The molecule has 0 N–H and O–H groups in total. The third kappa shape index (κ3) is 1.70. The van der Waals surface area contributed by atoms with Crippen LogP contribution in [0.3, 0.4) is 0 Å². The SMILES string of the molecule is Cc1nc(C(C)(C)C)c2sc3ccccc3c2n1. The second-order valence-corrected chi connectivity index (χ2v) is 6.70. The fourth-order valence-electron chi connectivity index (χ4n) is 2.21. The van der Waals surface area contributed by atoms with Gasteiger partial charge in [0.15, 0.2) is 0 Å². The van der Waals surface area contributed by atoms with Crippen LogP contribution in [0.25, 0.3) is 20.3 Å². The molecule has 0 aliphatic rings. The van der Waals surface area contributed by atoms with Crippen molar-refractivity contribution in [2.75, 3.05) is 0 Å². The van der Waals surface area contributed by atoms with E-state index in [4.69, 9.17) is 0 Å². The van der Waals surface area contributed by atoms with E-state index in [2.05, 4.69) is 55.0 Å². The van der Waals surface area contributed by atoms with E-state index in [1.54, 1.807) is 11.3 Å². The molecule has 2 aromatic heterocycles. The molecular weight excluding hydrogens is 240 g/mol. The third-order valence-corrected chi connectivity index (χ3v) is 4.21. The molecule has 0 aliphatic carbocycles. The average Bonchev–Trinajstić information content (AvgIpc) is 2.65. The summed E-state index contributed by atoms with van der Waals surface area (Å²) in [5.74, 6) is 0.857. The Kier molecular flexibility index (Phi) is 2.42. The van der Waals surface area contributed by atoms with Crippen LogP contribution in [0.15, 0.2) is 24.3 Å². The Hall–Kier alpha value is -1.48. The first-order valence-corrected chi connectivity index (χ1v) is 6.95. The maximum Gasteiger partial charge on any atom is 0.126 e. The Morgan fingerprint density at radius 2 is 1.78 bits per heavy atom. The van der Waals surface area contributed by atoms with Crippen molar-refractivity contribution in [2.24, 2.45) is 0 Å². The third-order valence-electron chi connectivity index (χ3n) is 3.04. The molecule has 2 heterocycles. The van der Waals surface area contributed by atoms with Crippen LogP contribution in [0, 0.1) is 6.92 Å². The zero-order chi connectivity index (χ0) is 12.9.